The fourth-order valence-electron chi connectivity index (χ4n) is 3.08. The van der Waals surface area contributed by atoms with Crippen LogP contribution in [0.4, 0.5) is 10.1 Å². The summed E-state index contributed by atoms with van der Waals surface area (Å²) in [4.78, 5) is 47.0. The standard InChI is InChI=1S/C19H13FN2O7/c20-12-5-1-10(2-6-12)16-15(18(26)19(27)21(16)9-14(23)24)17(25)11-3-7-13(8-4-11)22(28)29/h1-8,16,25H,9H2,(H,23,24)/b17-15+. The summed E-state index contributed by atoms with van der Waals surface area (Å²) in [7, 11) is 0. The van der Waals surface area contributed by atoms with Gasteiger partial charge in [0.2, 0.25) is 0 Å². The van der Waals surface area contributed by atoms with Gasteiger partial charge in [-0.05, 0) is 29.8 Å². The van der Waals surface area contributed by atoms with Gasteiger partial charge in [0.1, 0.15) is 18.1 Å². The van der Waals surface area contributed by atoms with Crippen molar-refractivity contribution in [2.75, 3.05) is 6.54 Å². The number of aliphatic carboxylic acids is 1. The first kappa shape index (κ1) is 19.7. The molecule has 1 atom stereocenters. The topological polar surface area (TPSA) is 138 Å². The number of nitro benzene ring substituents is 1. The minimum Gasteiger partial charge on any atom is -0.507 e. The van der Waals surface area contributed by atoms with E-state index in [1.54, 1.807) is 0 Å². The highest BCUT2D eigenvalue weighted by Gasteiger charge is 2.46. The van der Waals surface area contributed by atoms with Crippen molar-refractivity contribution < 1.29 is 33.9 Å². The van der Waals surface area contributed by atoms with Crippen molar-refractivity contribution >= 4 is 29.1 Å². The van der Waals surface area contributed by atoms with Crippen LogP contribution in [0, 0.1) is 15.9 Å². The molecule has 2 N–H and O–H groups in total. The molecule has 1 aliphatic heterocycles. The molecule has 1 aliphatic rings. The molecule has 3 rings (SSSR count). The highest BCUT2D eigenvalue weighted by Crippen LogP contribution is 2.39. The van der Waals surface area contributed by atoms with E-state index in [2.05, 4.69) is 0 Å². The number of benzene rings is 2. The van der Waals surface area contributed by atoms with Gasteiger partial charge in [0.15, 0.2) is 0 Å². The largest absolute Gasteiger partial charge is 0.507 e. The Labute approximate surface area is 162 Å². The number of non-ortho nitro benzene ring substituents is 1. The summed E-state index contributed by atoms with van der Waals surface area (Å²) in [5, 5.41) is 30.6. The van der Waals surface area contributed by atoms with Crippen molar-refractivity contribution in [3.05, 3.63) is 81.2 Å². The van der Waals surface area contributed by atoms with E-state index in [-0.39, 0.29) is 16.8 Å². The Kier molecular flexibility index (Phi) is 5.09. The van der Waals surface area contributed by atoms with Crippen LogP contribution in [-0.4, -0.2) is 44.2 Å². The highest BCUT2D eigenvalue weighted by atomic mass is 19.1. The van der Waals surface area contributed by atoms with Gasteiger partial charge in [-0.1, -0.05) is 12.1 Å². The Morgan fingerprint density at radius 2 is 1.66 bits per heavy atom. The number of aliphatic hydroxyl groups is 1. The monoisotopic (exact) mass is 400 g/mol. The number of likely N-dealkylation sites (tertiary alicyclic amines) is 1. The second-order valence-electron chi connectivity index (χ2n) is 6.18. The van der Waals surface area contributed by atoms with Crippen LogP contribution in [0.15, 0.2) is 54.1 Å². The van der Waals surface area contributed by atoms with Crippen molar-refractivity contribution in [2.45, 2.75) is 6.04 Å². The number of hydrogen-bond donors (Lipinski definition) is 2. The SMILES string of the molecule is O=C(O)CN1C(=O)C(=O)/C(=C(/O)c2ccc([N+](=O)[O-])cc2)C1c1ccc(F)cc1. The minimum atomic E-state index is -1.38. The molecule has 1 saturated heterocycles. The molecule has 0 spiro atoms. The summed E-state index contributed by atoms with van der Waals surface area (Å²) >= 11 is 0. The summed E-state index contributed by atoms with van der Waals surface area (Å²) in [6.07, 6.45) is 0. The zero-order chi connectivity index (χ0) is 21.3. The van der Waals surface area contributed by atoms with E-state index in [1.807, 2.05) is 0 Å². The molecule has 148 valence electrons. The summed E-state index contributed by atoms with van der Waals surface area (Å²) in [5.74, 6) is -4.84. The predicted octanol–water partition coefficient (Wildman–Crippen LogP) is 2.24. The molecule has 2 aromatic rings. The van der Waals surface area contributed by atoms with E-state index in [4.69, 9.17) is 5.11 Å². The Balaban J connectivity index is 2.16. The van der Waals surface area contributed by atoms with Crippen LogP contribution in [0.1, 0.15) is 17.2 Å². The lowest BCUT2D eigenvalue weighted by molar-refractivity contribution is -0.384. The maximum absolute atomic E-state index is 13.3. The van der Waals surface area contributed by atoms with Crippen molar-refractivity contribution in [3.8, 4) is 0 Å². The Morgan fingerprint density at radius 1 is 1.07 bits per heavy atom. The number of amides is 1. The Hall–Kier alpha value is -4.08. The van der Waals surface area contributed by atoms with E-state index in [0.717, 1.165) is 29.2 Å². The van der Waals surface area contributed by atoms with Crippen LogP contribution >= 0.6 is 0 Å². The number of Topliss-reactive ketones (excluding diaryl/α,β-unsaturated/α-hetero) is 1. The van der Waals surface area contributed by atoms with Gasteiger partial charge in [-0.15, -0.1) is 0 Å². The molecule has 1 heterocycles. The fourth-order valence-corrected chi connectivity index (χ4v) is 3.08. The number of nitrogens with zero attached hydrogens (tertiary/aromatic N) is 2. The number of nitro groups is 1. The molecule has 1 unspecified atom stereocenters. The summed E-state index contributed by atoms with van der Waals surface area (Å²) in [6, 6.07) is 8.02. The average Bonchev–Trinajstić information content (AvgIpc) is 2.92. The Morgan fingerprint density at radius 3 is 2.17 bits per heavy atom. The van der Waals surface area contributed by atoms with Crippen molar-refractivity contribution in [3.63, 3.8) is 0 Å². The number of halogens is 1. The third-order valence-electron chi connectivity index (χ3n) is 4.38. The zero-order valence-corrected chi connectivity index (χ0v) is 14.6. The number of carbonyl (C=O) groups is 3. The van der Waals surface area contributed by atoms with Crippen LogP contribution in [0.2, 0.25) is 0 Å². The molecule has 1 fully saturated rings. The molecule has 0 saturated carbocycles. The lowest BCUT2D eigenvalue weighted by Gasteiger charge is -2.23. The first-order chi connectivity index (χ1) is 13.7. The second kappa shape index (κ2) is 7.50. The number of rotatable bonds is 5. The normalized spacial score (nSPS) is 18.1. The van der Waals surface area contributed by atoms with Crippen LogP contribution in [0.3, 0.4) is 0 Å². The maximum atomic E-state index is 13.3. The molecular formula is C19H13FN2O7. The van der Waals surface area contributed by atoms with E-state index < -0.39 is 52.3 Å². The lowest BCUT2D eigenvalue weighted by atomic mass is 9.95. The van der Waals surface area contributed by atoms with Gasteiger partial charge in [0.05, 0.1) is 16.5 Å². The number of ketones is 1. The van der Waals surface area contributed by atoms with Gasteiger partial charge in [-0.25, -0.2) is 4.39 Å². The third-order valence-corrected chi connectivity index (χ3v) is 4.38. The molecule has 0 aromatic heterocycles. The van der Waals surface area contributed by atoms with Crippen LogP contribution in [0.5, 0.6) is 0 Å². The van der Waals surface area contributed by atoms with E-state index in [9.17, 15) is 34.0 Å². The molecular weight excluding hydrogens is 387 g/mol. The number of carboxylic acid groups (broad SMARTS) is 1. The lowest BCUT2D eigenvalue weighted by Crippen LogP contribution is -2.34. The molecule has 0 aliphatic carbocycles. The van der Waals surface area contributed by atoms with Crippen molar-refractivity contribution in [2.24, 2.45) is 0 Å². The maximum Gasteiger partial charge on any atom is 0.323 e. The molecule has 0 bridgehead atoms. The van der Waals surface area contributed by atoms with E-state index in [0.29, 0.717) is 0 Å². The van der Waals surface area contributed by atoms with Crippen LogP contribution in [-0.2, 0) is 14.4 Å². The number of aliphatic hydroxyl groups excluding tert-OH is 1. The molecule has 1 amide bonds. The average molecular weight is 400 g/mol. The summed E-state index contributed by atoms with van der Waals surface area (Å²) in [5.41, 5.74) is -0.397. The zero-order valence-electron chi connectivity index (χ0n) is 14.6. The van der Waals surface area contributed by atoms with Crippen molar-refractivity contribution in [1.29, 1.82) is 0 Å². The van der Waals surface area contributed by atoms with E-state index >= 15 is 0 Å². The summed E-state index contributed by atoms with van der Waals surface area (Å²) in [6.45, 7) is -0.816. The quantitative estimate of drug-likeness (QED) is 0.258. The minimum absolute atomic E-state index is 0.0241. The number of carbonyl (C=O) groups excluding carboxylic acids is 2. The molecule has 2 aromatic carbocycles. The molecule has 9 nitrogen and oxygen atoms in total. The van der Waals surface area contributed by atoms with Gasteiger partial charge in [-0.3, -0.25) is 24.5 Å². The smallest absolute Gasteiger partial charge is 0.323 e. The van der Waals surface area contributed by atoms with Gasteiger partial charge in [0, 0.05) is 17.7 Å². The summed E-state index contributed by atoms with van der Waals surface area (Å²) < 4.78 is 13.3. The Bertz CT molecular complexity index is 1050. The van der Waals surface area contributed by atoms with Crippen molar-refractivity contribution in [1.82, 2.24) is 4.90 Å². The van der Waals surface area contributed by atoms with Gasteiger partial charge >= 0.3 is 5.97 Å². The second-order valence-corrected chi connectivity index (χ2v) is 6.18. The van der Waals surface area contributed by atoms with Gasteiger partial charge in [-0.2, -0.15) is 0 Å². The third kappa shape index (κ3) is 3.68. The first-order valence-electron chi connectivity index (χ1n) is 8.21. The number of hydrogen-bond acceptors (Lipinski definition) is 6. The van der Waals surface area contributed by atoms with Crippen LogP contribution in [0.25, 0.3) is 5.76 Å². The molecule has 10 heteroatoms. The number of carboxylic acids is 1. The molecule has 0 radical (unpaired) electrons. The highest BCUT2D eigenvalue weighted by molar-refractivity contribution is 6.46. The van der Waals surface area contributed by atoms with E-state index in [1.165, 1.54) is 24.3 Å². The predicted molar refractivity (Wildman–Crippen MR) is 96.1 cm³/mol. The molecule has 29 heavy (non-hydrogen) atoms. The van der Waals surface area contributed by atoms with Crippen LogP contribution < -0.4 is 0 Å². The first-order valence-corrected chi connectivity index (χ1v) is 8.21. The van der Waals surface area contributed by atoms with Gasteiger partial charge < -0.3 is 15.1 Å². The fraction of sp³-hybridized carbons (Fsp3) is 0.105. The van der Waals surface area contributed by atoms with Gasteiger partial charge in [0.25, 0.3) is 17.4 Å².